The van der Waals surface area contributed by atoms with E-state index in [2.05, 4.69) is 11.9 Å². The van der Waals surface area contributed by atoms with Crippen LogP contribution < -0.4 is 5.73 Å². The zero-order valence-corrected chi connectivity index (χ0v) is 10.1. The van der Waals surface area contributed by atoms with Crippen LogP contribution in [0, 0.1) is 5.92 Å². The number of hydrogen-bond acceptors (Lipinski definition) is 3. The molecular formula is C12H21N3O. The van der Waals surface area contributed by atoms with Gasteiger partial charge in [0.2, 0.25) is 0 Å². The van der Waals surface area contributed by atoms with Crippen molar-refractivity contribution in [2.24, 2.45) is 18.7 Å². The van der Waals surface area contributed by atoms with Gasteiger partial charge in [-0.2, -0.15) is 0 Å². The highest BCUT2D eigenvalue weighted by Gasteiger charge is 2.29. The van der Waals surface area contributed by atoms with Gasteiger partial charge in [-0.15, -0.1) is 0 Å². The maximum Gasteiger partial charge on any atom is 0.108 e. The molecule has 0 aromatic carbocycles. The van der Waals surface area contributed by atoms with Crippen molar-refractivity contribution in [2.75, 3.05) is 6.61 Å². The summed E-state index contributed by atoms with van der Waals surface area (Å²) in [6, 6.07) is 0.134. The van der Waals surface area contributed by atoms with Gasteiger partial charge >= 0.3 is 0 Å². The number of aromatic nitrogens is 2. The Hall–Kier alpha value is -0.870. The summed E-state index contributed by atoms with van der Waals surface area (Å²) in [4.78, 5) is 4.30. The highest BCUT2D eigenvalue weighted by atomic mass is 16.5. The van der Waals surface area contributed by atoms with Crippen LogP contribution in [0.25, 0.3) is 0 Å². The summed E-state index contributed by atoms with van der Waals surface area (Å²) >= 11 is 0. The van der Waals surface area contributed by atoms with Crippen LogP contribution in [0.1, 0.15) is 25.6 Å². The second-order valence-electron chi connectivity index (χ2n) is 4.76. The van der Waals surface area contributed by atoms with E-state index >= 15 is 0 Å². The van der Waals surface area contributed by atoms with Crippen molar-refractivity contribution in [1.29, 1.82) is 0 Å². The second-order valence-corrected chi connectivity index (χ2v) is 4.76. The lowest BCUT2D eigenvalue weighted by atomic mass is 9.95. The van der Waals surface area contributed by atoms with Crippen LogP contribution in [-0.2, 0) is 18.2 Å². The smallest absolute Gasteiger partial charge is 0.108 e. The molecule has 3 atom stereocenters. The Labute approximate surface area is 96.8 Å². The van der Waals surface area contributed by atoms with Crippen molar-refractivity contribution in [1.82, 2.24) is 9.55 Å². The van der Waals surface area contributed by atoms with Crippen LogP contribution >= 0.6 is 0 Å². The van der Waals surface area contributed by atoms with Gasteiger partial charge in [-0.05, 0) is 18.8 Å². The predicted octanol–water partition coefficient (Wildman–Crippen LogP) is 1.10. The van der Waals surface area contributed by atoms with Crippen molar-refractivity contribution in [3.63, 3.8) is 0 Å². The Morgan fingerprint density at radius 2 is 2.50 bits per heavy atom. The molecule has 1 aliphatic heterocycles. The first-order valence-corrected chi connectivity index (χ1v) is 6.02. The average molecular weight is 223 g/mol. The van der Waals surface area contributed by atoms with Crippen molar-refractivity contribution in [3.05, 3.63) is 18.2 Å². The third-order valence-corrected chi connectivity index (χ3v) is 3.49. The van der Waals surface area contributed by atoms with Crippen molar-refractivity contribution < 1.29 is 4.74 Å². The summed E-state index contributed by atoms with van der Waals surface area (Å²) in [7, 11) is 2.02. The zero-order chi connectivity index (χ0) is 11.5. The molecule has 4 heteroatoms. The van der Waals surface area contributed by atoms with Gasteiger partial charge in [-0.25, -0.2) is 4.98 Å². The van der Waals surface area contributed by atoms with Crippen LogP contribution in [-0.4, -0.2) is 28.3 Å². The quantitative estimate of drug-likeness (QED) is 0.831. The van der Waals surface area contributed by atoms with E-state index in [0.29, 0.717) is 5.92 Å². The molecule has 2 N–H and O–H groups in total. The van der Waals surface area contributed by atoms with Gasteiger partial charge in [-0.3, -0.25) is 0 Å². The minimum Gasteiger partial charge on any atom is -0.376 e. The van der Waals surface area contributed by atoms with Crippen LogP contribution in [0.4, 0.5) is 0 Å². The molecule has 1 fully saturated rings. The first kappa shape index (κ1) is 11.6. The van der Waals surface area contributed by atoms with E-state index in [0.717, 1.165) is 31.7 Å². The molecule has 1 aromatic rings. The Balaban J connectivity index is 1.84. The summed E-state index contributed by atoms with van der Waals surface area (Å²) in [5, 5.41) is 0. The molecule has 2 heterocycles. The molecule has 0 bridgehead atoms. The SMILES string of the molecule is CC1CCOC1C(N)CCc1nccn1C. The number of aryl methyl sites for hydroxylation is 2. The number of rotatable bonds is 4. The van der Waals surface area contributed by atoms with E-state index in [1.54, 1.807) is 0 Å². The van der Waals surface area contributed by atoms with Gasteiger partial charge in [0.25, 0.3) is 0 Å². The van der Waals surface area contributed by atoms with Gasteiger partial charge in [0.15, 0.2) is 0 Å². The summed E-state index contributed by atoms with van der Waals surface area (Å²) in [6.45, 7) is 3.08. The number of nitrogens with zero attached hydrogens (tertiary/aromatic N) is 2. The largest absolute Gasteiger partial charge is 0.376 e. The van der Waals surface area contributed by atoms with Crippen LogP contribution in [0.2, 0.25) is 0 Å². The molecule has 4 nitrogen and oxygen atoms in total. The average Bonchev–Trinajstić information content (AvgIpc) is 2.84. The fourth-order valence-electron chi connectivity index (χ4n) is 2.36. The molecule has 0 radical (unpaired) electrons. The number of imidazole rings is 1. The molecule has 0 spiro atoms. The van der Waals surface area contributed by atoms with Gasteiger partial charge in [0.05, 0.1) is 6.10 Å². The standard InChI is InChI=1S/C12H21N3O/c1-9-5-8-16-12(9)10(13)3-4-11-14-6-7-15(11)2/h6-7,9-10,12H,3-5,8,13H2,1-2H3. The number of hydrogen-bond donors (Lipinski definition) is 1. The molecule has 1 aliphatic rings. The Kier molecular flexibility index (Phi) is 3.61. The summed E-state index contributed by atoms with van der Waals surface area (Å²) in [6.07, 6.45) is 7.04. The van der Waals surface area contributed by atoms with Crippen molar-refractivity contribution >= 4 is 0 Å². The molecule has 0 aliphatic carbocycles. The molecule has 1 aromatic heterocycles. The molecule has 0 saturated carbocycles. The first-order valence-electron chi connectivity index (χ1n) is 6.02. The maximum atomic E-state index is 6.17. The van der Waals surface area contributed by atoms with Gasteiger partial charge in [0, 0.05) is 38.5 Å². The normalized spacial score (nSPS) is 27.2. The molecule has 1 saturated heterocycles. The minimum absolute atomic E-state index is 0.134. The molecule has 16 heavy (non-hydrogen) atoms. The lowest BCUT2D eigenvalue weighted by molar-refractivity contribution is 0.0701. The van der Waals surface area contributed by atoms with Crippen LogP contribution in [0.3, 0.4) is 0 Å². The summed E-state index contributed by atoms with van der Waals surface area (Å²) < 4.78 is 7.72. The Bertz CT molecular complexity index is 337. The third-order valence-electron chi connectivity index (χ3n) is 3.49. The van der Waals surface area contributed by atoms with Gasteiger partial charge < -0.3 is 15.0 Å². The second kappa shape index (κ2) is 4.97. The minimum atomic E-state index is 0.134. The lowest BCUT2D eigenvalue weighted by Gasteiger charge is -2.22. The van der Waals surface area contributed by atoms with Crippen LogP contribution in [0.5, 0.6) is 0 Å². The molecule has 3 unspecified atom stereocenters. The van der Waals surface area contributed by atoms with E-state index < -0.39 is 0 Å². The first-order chi connectivity index (χ1) is 7.68. The zero-order valence-electron chi connectivity index (χ0n) is 10.1. The van der Waals surface area contributed by atoms with Crippen molar-refractivity contribution in [2.45, 2.75) is 38.3 Å². The van der Waals surface area contributed by atoms with E-state index in [4.69, 9.17) is 10.5 Å². The fraction of sp³-hybridized carbons (Fsp3) is 0.750. The molecule has 90 valence electrons. The van der Waals surface area contributed by atoms with Gasteiger partial charge in [-0.1, -0.05) is 6.92 Å². The highest BCUT2D eigenvalue weighted by molar-refractivity contribution is 4.93. The van der Waals surface area contributed by atoms with Gasteiger partial charge in [0.1, 0.15) is 5.82 Å². The summed E-state index contributed by atoms with van der Waals surface area (Å²) in [5.41, 5.74) is 6.17. The predicted molar refractivity (Wildman–Crippen MR) is 63.0 cm³/mol. The molecule has 0 amide bonds. The van der Waals surface area contributed by atoms with Crippen molar-refractivity contribution in [3.8, 4) is 0 Å². The number of nitrogens with two attached hydrogens (primary N) is 1. The lowest BCUT2D eigenvalue weighted by Crippen LogP contribution is -2.38. The Morgan fingerprint density at radius 3 is 3.06 bits per heavy atom. The van der Waals surface area contributed by atoms with E-state index in [1.165, 1.54) is 0 Å². The number of ether oxygens (including phenoxy) is 1. The van der Waals surface area contributed by atoms with E-state index in [9.17, 15) is 0 Å². The van der Waals surface area contributed by atoms with E-state index in [-0.39, 0.29) is 12.1 Å². The highest BCUT2D eigenvalue weighted by Crippen LogP contribution is 2.23. The third kappa shape index (κ3) is 2.44. The summed E-state index contributed by atoms with van der Waals surface area (Å²) in [5.74, 6) is 1.69. The monoisotopic (exact) mass is 223 g/mol. The Morgan fingerprint density at radius 1 is 1.69 bits per heavy atom. The maximum absolute atomic E-state index is 6.17. The van der Waals surface area contributed by atoms with E-state index in [1.807, 2.05) is 24.0 Å². The molecular weight excluding hydrogens is 202 g/mol. The molecule has 2 rings (SSSR count). The fourth-order valence-corrected chi connectivity index (χ4v) is 2.36. The topological polar surface area (TPSA) is 53.1 Å². The van der Waals surface area contributed by atoms with Crippen LogP contribution in [0.15, 0.2) is 12.4 Å².